The number of nitrogens with zero attached hydrogens (tertiary/aromatic N) is 2. The molecule has 0 radical (unpaired) electrons. The van der Waals surface area contributed by atoms with Gasteiger partial charge in [-0.3, -0.25) is 0 Å². The third kappa shape index (κ3) is 2.98. The van der Waals surface area contributed by atoms with Gasteiger partial charge in [-0.05, 0) is 61.6 Å². The van der Waals surface area contributed by atoms with E-state index in [2.05, 4.69) is 22.2 Å². The summed E-state index contributed by atoms with van der Waals surface area (Å²) < 4.78 is 43.0. The summed E-state index contributed by atoms with van der Waals surface area (Å²) in [6.07, 6.45) is 6.46. The number of halogens is 3. The van der Waals surface area contributed by atoms with Crippen LogP contribution < -0.4 is 5.32 Å². The Morgan fingerprint density at radius 3 is 2.50 bits per heavy atom. The molecule has 4 nitrogen and oxygen atoms in total. The largest absolute Gasteiger partial charge is 0.366 e. The summed E-state index contributed by atoms with van der Waals surface area (Å²) in [5.74, 6) is 0.729. The third-order valence-corrected chi connectivity index (χ3v) is 7.56. The summed E-state index contributed by atoms with van der Waals surface area (Å²) in [5.41, 5.74) is 0.802. The van der Waals surface area contributed by atoms with E-state index in [1.807, 2.05) is 6.07 Å². The molecular formula is C25H23F3N4. The Morgan fingerprint density at radius 1 is 0.938 bits per heavy atom. The minimum Gasteiger partial charge on any atom is -0.366 e. The molecule has 0 unspecified atom stereocenters. The molecule has 2 aromatic carbocycles. The lowest BCUT2D eigenvalue weighted by molar-refractivity contribution is 0.0929. The van der Waals surface area contributed by atoms with Crippen molar-refractivity contribution in [2.75, 3.05) is 5.32 Å². The van der Waals surface area contributed by atoms with E-state index < -0.39 is 17.5 Å². The first-order valence-electron chi connectivity index (χ1n) is 11.2. The number of rotatable bonds is 3. The predicted octanol–water partition coefficient (Wildman–Crippen LogP) is 6.43. The lowest BCUT2D eigenvalue weighted by atomic mass is 9.62. The quantitative estimate of drug-likeness (QED) is 0.389. The van der Waals surface area contributed by atoms with Crippen molar-refractivity contribution in [2.45, 2.75) is 38.6 Å². The molecule has 32 heavy (non-hydrogen) atoms. The Labute approximate surface area is 183 Å². The van der Waals surface area contributed by atoms with E-state index >= 15 is 0 Å². The van der Waals surface area contributed by atoms with Gasteiger partial charge in [-0.25, -0.2) is 23.1 Å². The van der Waals surface area contributed by atoms with Crippen LogP contribution in [0.3, 0.4) is 0 Å². The molecule has 7 heteroatoms. The van der Waals surface area contributed by atoms with Gasteiger partial charge < -0.3 is 10.3 Å². The van der Waals surface area contributed by atoms with Crippen LogP contribution in [-0.2, 0) is 0 Å². The molecule has 2 aromatic heterocycles. The van der Waals surface area contributed by atoms with Crippen LogP contribution in [0.25, 0.3) is 33.2 Å². The van der Waals surface area contributed by atoms with Crippen LogP contribution in [0.5, 0.6) is 0 Å². The van der Waals surface area contributed by atoms with Crippen LogP contribution >= 0.6 is 0 Å². The van der Waals surface area contributed by atoms with E-state index in [4.69, 9.17) is 4.98 Å². The molecule has 0 aliphatic heterocycles. The van der Waals surface area contributed by atoms with Gasteiger partial charge >= 0.3 is 0 Å². The lowest BCUT2D eigenvalue weighted by Gasteiger charge is -2.47. The van der Waals surface area contributed by atoms with Crippen molar-refractivity contribution < 1.29 is 13.2 Å². The van der Waals surface area contributed by atoms with Crippen LogP contribution in [-0.4, -0.2) is 21.0 Å². The van der Waals surface area contributed by atoms with Gasteiger partial charge in [0.25, 0.3) is 0 Å². The molecule has 3 saturated carbocycles. The second-order valence-electron chi connectivity index (χ2n) is 9.25. The second-order valence-corrected chi connectivity index (χ2v) is 9.25. The Morgan fingerprint density at radius 2 is 1.72 bits per heavy atom. The topological polar surface area (TPSA) is 53.6 Å². The van der Waals surface area contributed by atoms with Crippen molar-refractivity contribution >= 4 is 27.6 Å². The summed E-state index contributed by atoms with van der Waals surface area (Å²) in [4.78, 5) is 12.0. The minimum atomic E-state index is -0.691. The maximum absolute atomic E-state index is 14.8. The number of aromatic nitrogens is 3. The fourth-order valence-corrected chi connectivity index (χ4v) is 5.85. The van der Waals surface area contributed by atoms with Crippen molar-refractivity contribution in [3.8, 4) is 11.4 Å². The molecule has 7 rings (SSSR count). The smallest absolute Gasteiger partial charge is 0.164 e. The second kappa shape index (κ2) is 7.22. The zero-order valence-electron chi connectivity index (χ0n) is 17.6. The summed E-state index contributed by atoms with van der Waals surface area (Å²) in [6.45, 7) is 2.28. The Balaban J connectivity index is 1.52. The number of para-hydroxylation sites is 1. The van der Waals surface area contributed by atoms with Gasteiger partial charge in [0.15, 0.2) is 5.82 Å². The van der Waals surface area contributed by atoms with E-state index in [9.17, 15) is 13.2 Å². The van der Waals surface area contributed by atoms with Crippen LogP contribution in [0.4, 0.5) is 19.0 Å². The highest BCUT2D eigenvalue weighted by Crippen LogP contribution is 2.46. The number of hydrogen-bond acceptors (Lipinski definition) is 3. The zero-order chi connectivity index (χ0) is 22.0. The highest BCUT2D eigenvalue weighted by Gasteiger charge is 2.41. The van der Waals surface area contributed by atoms with E-state index in [0.29, 0.717) is 39.9 Å². The van der Waals surface area contributed by atoms with Crippen molar-refractivity contribution in [3.63, 3.8) is 0 Å². The first kappa shape index (κ1) is 19.6. The van der Waals surface area contributed by atoms with E-state index in [0.717, 1.165) is 6.07 Å². The van der Waals surface area contributed by atoms with E-state index in [-0.39, 0.29) is 22.9 Å². The highest BCUT2D eigenvalue weighted by molar-refractivity contribution is 5.97. The third-order valence-electron chi connectivity index (χ3n) is 7.56. The first-order chi connectivity index (χ1) is 15.5. The molecule has 2 atom stereocenters. The standard InChI is InChI=1S/C25H23F3N4/c1-12-13-5-7-14(8-6-13)21(12)30-24-16-3-2-4-19(27)23(16)31-25(32-24)18-11-29-22-17(18)9-15(26)10-20(22)28/h2-4,9-14,21,29H,5-8H2,1H3,(H,30,31,32)/t12-,13?,14?,21+/m0/s1. The molecular weight excluding hydrogens is 413 g/mol. The SMILES string of the molecule is C[C@H]1C2CCC(CC2)[C@@H]1Nc1nc(-c2c[nH]c3c(F)cc(F)cc23)nc2c(F)cccc12. The molecule has 2 bridgehead atoms. The Hall–Kier alpha value is -3.09. The van der Waals surface area contributed by atoms with Gasteiger partial charge in [0.05, 0.1) is 5.52 Å². The fourth-order valence-electron chi connectivity index (χ4n) is 5.85. The number of anilines is 1. The van der Waals surface area contributed by atoms with Crippen LogP contribution in [0.2, 0.25) is 0 Å². The van der Waals surface area contributed by atoms with Gasteiger partial charge in [-0.15, -0.1) is 0 Å². The molecule has 3 aliphatic carbocycles. The van der Waals surface area contributed by atoms with Gasteiger partial charge in [-0.1, -0.05) is 13.0 Å². The fraction of sp³-hybridized carbons (Fsp3) is 0.360. The van der Waals surface area contributed by atoms with Gasteiger partial charge in [0.2, 0.25) is 0 Å². The number of hydrogen-bond donors (Lipinski definition) is 2. The predicted molar refractivity (Wildman–Crippen MR) is 119 cm³/mol. The van der Waals surface area contributed by atoms with Crippen LogP contribution in [0, 0.1) is 35.2 Å². The number of benzene rings is 2. The molecule has 0 saturated heterocycles. The number of fused-ring (bicyclic) bond motifs is 5. The van der Waals surface area contributed by atoms with Crippen molar-refractivity contribution in [3.05, 3.63) is 54.0 Å². The molecule has 2 N–H and O–H groups in total. The summed E-state index contributed by atoms with van der Waals surface area (Å²) in [5, 5.41) is 4.57. The molecule has 164 valence electrons. The van der Waals surface area contributed by atoms with Gasteiger partial charge in [0.1, 0.15) is 28.8 Å². The average Bonchev–Trinajstić information content (AvgIpc) is 3.21. The summed E-state index contributed by atoms with van der Waals surface area (Å²) in [6, 6.07) is 7.16. The molecule has 2 heterocycles. The maximum atomic E-state index is 14.8. The average molecular weight is 436 g/mol. The number of aromatic amines is 1. The molecule has 4 aromatic rings. The first-order valence-corrected chi connectivity index (χ1v) is 11.2. The van der Waals surface area contributed by atoms with Gasteiger partial charge in [-0.2, -0.15) is 0 Å². The van der Waals surface area contributed by atoms with E-state index in [1.165, 1.54) is 37.8 Å². The van der Waals surface area contributed by atoms with Gasteiger partial charge in [0, 0.05) is 34.6 Å². The zero-order valence-corrected chi connectivity index (χ0v) is 17.6. The molecule has 0 spiro atoms. The Kier molecular flexibility index (Phi) is 4.42. The summed E-state index contributed by atoms with van der Waals surface area (Å²) >= 11 is 0. The summed E-state index contributed by atoms with van der Waals surface area (Å²) in [7, 11) is 0. The molecule has 3 fully saturated rings. The maximum Gasteiger partial charge on any atom is 0.164 e. The molecule has 3 aliphatic rings. The van der Waals surface area contributed by atoms with Crippen LogP contribution in [0.1, 0.15) is 32.6 Å². The Bertz CT molecular complexity index is 1340. The van der Waals surface area contributed by atoms with Crippen molar-refractivity contribution in [1.29, 1.82) is 0 Å². The van der Waals surface area contributed by atoms with Crippen molar-refractivity contribution in [1.82, 2.24) is 15.0 Å². The highest BCUT2D eigenvalue weighted by atomic mass is 19.1. The molecule has 0 amide bonds. The lowest BCUT2D eigenvalue weighted by Crippen LogP contribution is -2.47. The minimum absolute atomic E-state index is 0.173. The van der Waals surface area contributed by atoms with E-state index in [1.54, 1.807) is 12.3 Å². The normalized spacial score (nSPS) is 25.0. The van der Waals surface area contributed by atoms with Crippen molar-refractivity contribution in [2.24, 2.45) is 17.8 Å². The monoisotopic (exact) mass is 436 g/mol. The van der Waals surface area contributed by atoms with Crippen LogP contribution in [0.15, 0.2) is 36.5 Å². The number of H-pyrrole nitrogens is 1. The number of nitrogens with one attached hydrogen (secondary N) is 2.